The van der Waals surface area contributed by atoms with Crippen molar-refractivity contribution >= 4 is 56.0 Å². The summed E-state index contributed by atoms with van der Waals surface area (Å²) in [6.07, 6.45) is 3.81. The van der Waals surface area contributed by atoms with Crippen LogP contribution in [-0.2, 0) is 4.74 Å². The van der Waals surface area contributed by atoms with Gasteiger partial charge >= 0.3 is 6.09 Å². The number of rotatable bonds is 8. The number of hydrogen-bond acceptors (Lipinski definition) is 11. The fraction of sp³-hybridized carbons (Fsp3) is 0.179. The summed E-state index contributed by atoms with van der Waals surface area (Å²) in [6.45, 7) is 3.45. The molecule has 1 N–H and O–H groups in total. The van der Waals surface area contributed by atoms with Crippen molar-refractivity contribution in [2.45, 2.75) is 13.8 Å². The van der Waals surface area contributed by atoms with E-state index in [0.717, 1.165) is 11.1 Å². The summed E-state index contributed by atoms with van der Waals surface area (Å²) in [5.74, 6) is 0.704. The van der Waals surface area contributed by atoms with Crippen molar-refractivity contribution in [3.63, 3.8) is 0 Å². The van der Waals surface area contributed by atoms with Gasteiger partial charge in [0.2, 0.25) is 5.88 Å². The van der Waals surface area contributed by atoms with E-state index in [0.29, 0.717) is 49.5 Å². The number of nitrogens with zero attached hydrogens (tertiary/aromatic N) is 7. The number of amides is 1. The molecule has 12 nitrogen and oxygen atoms in total. The number of carbonyl (C=O) groups is 1. The lowest BCUT2D eigenvalue weighted by Gasteiger charge is -2.10. The van der Waals surface area contributed by atoms with E-state index in [2.05, 4.69) is 35.3 Å². The average molecular weight is 621 g/mol. The van der Waals surface area contributed by atoms with Crippen molar-refractivity contribution in [1.82, 2.24) is 34.7 Å². The first-order valence-electron chi connectivity index (χ1n) is 12.8. The van der Waals surface area contributed by atoms with Crippen LogP contribution in [0.2, 0.25) is 5.02 Å². The molecule has 0 bridgehead atoms. The minimum Gasteiger partial charge on any atom is -0.487 e. The second-order valence-corrected chi connectivity index (χ2v) is 10.6. The Morgan fingerprint density at radius 2 is 1.93 bits per heavy atom. The number of fused-ring (bicyclic) bond motifs is 2. The minimum atomic E-state index is -0.761. The van der Waals surface area contributed by atoms with Gasteiger partial charge < -0.3 is 14.2 Å². The Morgan fingerprint density at radius 3 is 2.67 bits per heavy atom. The molecule has 0 aliphatic rings. The Bertz CT molecular complexity index is 1980. The molecule has 6 aromatic rings. The van der Waals surface area contributed by atoms with Crippen molar-refractivity contribution in [2.75, 3.05) is 25.6 Å². The van der Waals surface area contributed by atoms with Gasteiger partial charge in [-0.1, -0.05) is 11.6 Å². The van der Waals surface area contributed by atoms with Crippen molar-refractivity contribution in [3.8, 4) is 28.0 Å². The number of halogens is 2. The van der Waals surface area contributed by atoms with Crippen LogP contribution in [0, 0.1) is 19.7 Å². The number of benzene rings is 2. The molecule has 0 aliphatic carbocycles. The SMILES string of the molecule is COc1cnc2c(-c3nc4c(Cl)c(F)c(OCCOC(=O)Nc5ccc(-n6cnc(C)n6)nc5)cc4s3)cc(C)cc2n1. The summed E-state index contributed by atoms with van der Waals surface area (Å²) in [6, 6.07) is 8.68. The maximum absolute atomic E-state index is 15.1. The topological polar surface area (TPSA) is 139 Å². The summed E-state index contributed by atoms with van der Waals surface area (Å²) >= 11 is 7.68. The molecule has 6 rings (SSSR count). The van der Waals surface area contributed by atoms with Crippen molar-refractivity contribution < 1.29 is 23.4 Å². The number of hydrogen-bond donors (Lipinski definition) is 1. The third-order valence-corrected chi connectivity index (χ3v) is 7.53. The number of aryl methyl sites for hydroxylation is 2. The monoisotopic (exact) mass is 620 g/mol. The van der Waals surface area contributed by atoms with E-state index in [1.807, 2.05) is 19.1 Å². The van der Waals surface area contributed by atoms with Crippen LogP contribution in [-0.4, -0.2) is 61.1 Å². The van der Waals surface area contributed by atoms with Gasteiger partial charge in [-0.15, -0.1) is 11.3 Å². The highest BCUT2D eigenvalue weighted by Gasteiger charge is 2.20. The highest BCUT2D eigenvalue weighted by atomic mass is 35.5. The van der Waals surface area contributed by atoms with Gasteiger partial charge in [0, 0.05) is 11.6 Å². The van der Waals surface area contributed by atoms with Gasteiger partial charge in [0.25, 0.3) is 0 Å². The van der Waals surface area contributed by atoms with Gasteiger partial charge in [-0.05, 0) is 43.7 Å². The first-order valence-corrected chi connectivity index (χ1v) is 14.0. The first-order chi connectivity index (χ1) is 20.8. The van der Waals surface area contributed by atoms with Gasteiger partial charge in [-0.3, -0.25) is 5.32 Å². The molecule has 0 spiro atoms. The van der Waals surface area contributed by atoms with Gasteiger partial charge in [-0.25, -0.2) is 38.8 Å². The highest BCUT2D eigenvalue weighted by Crippen LogP contribution is 2.40. The van der Waals surface area contributed by atoms with Crippen LogP contribution in [0.3, 0.4) is 0 Å². The van der Waals surface area contributed by atoms with E-state index in [1.165, 1.54) is 41.6 Å². The Morgan fingerprint density at radius 1 is 1.07 bits per heavy atom. The normalized spacial score (nSPS) is 11.2. The zero-order valence-corrected chi connectivity index (χ0v) is 24.5. The molecular formula is C28H22ClFN8O4S. The van der Waals surface area contributed by atoms with Crippen LogP contribution >= 0.6 is 22.9 Å². The predicted octanol–water partition coefficient (Wildman–Crippen LogP) is 5.93. The molecule has 15 heteroatoms. The second-order valence-electron chi connectivity index (χ2n) is 9.21. The van der Waals surface area contributed by atoms with E-state index in [4.69, 9.17) is 25.8 Å². The molecule has 0 aliphatic heterocycles. The fourth-order valence-corrected chi connectivity index (χ4v) is 5.52. The smallest absolute Gasteiger partial charge is 0.411 e. The molecule has 4 heterocycles. The quantitative estimate of drug-likeness (QED) is 0.204. The van der Waals surface area contributed by atoms with Crippen molar-refractivity contribution in [3.05, 3.63) is 71.3 Å². The lowest BCUT2D eigenvalue weighted by molar-refractivity contribution is 0.136. The zero-order chi connectivity index (χ0) is 30.1. The first kappa shape index (κ1) is 28.2. The van der Waals surface area contributed by atoms with E-state index in [9.17, 15) is 4.79 Å². The number of pyridine rings is 1. The Balaban J connectivity index is 1.11. The number of anilines is 1. The number of aromatic nitrogens is 7. The molecule has 218 valence electrons. The Labute approximate surface area is 252 Å². The predicted molar refractivity (Wildman–Crippen MR) is 159 cm³/mol. The molecular weight excluding hydrogens is 599 g/mol. The minimum absolute atomic E-state index is 0.0847. The van der Waals surface area contributed by atoms with Crippen LogP contribution in [0.1, 0.15) is 11.4 Å². The van der Waals surface area contributed by atoms with E-state index >= 15 is 4.39 Å². The van der Waals surface area contributed by atoms with Gasteiger partial charge in [-0.2, -0.15) is 5.10 Å². The standard InChI is InChI=1S/C28H22ClFN8O4S/c1-14-8-17(25-18(9-14)35-22(40-3)12-32-25)27-36-26-20(43-27)10-19(24(30)23(26)29)41-6-7-42-28(39)34-16-4-5-21(31-11-16)38-13-33-15(2)37-38/h4-5,8-13H,6-7H2,1-3H3,(H,34,39). The second kappa shape index (κ2) is 11.7. The average Bonchev–Trinajstić information content (AvgIpc) is 3.63. The summed E-state index contributed by atoms with van der Waals surface area (Å²) in [7, 11) is 1.53. The fourth-order valence-electron chi connectivity index (χ4n) is 4.20. The van der Waals surface area contributed by atoms with Gasteiger partial charge in [0.1, 0.15) is 40.9 Å². The molecule has 4 aromatic heterocycles. The Kier molecular flexibility index (Phi) is 7.69. The number of ether oxygens (including phenoxy) is 3. The van der Waals surface area contributed by atoms with Gasteiger partial charge in [0.05, 0.1) is 40.9 Å². The molecule has 43 heavy (non-hydrogen) atoms. The third kappa shape index (κ3) is 5.87. The summed E-state index contributed by atoms with van der Waals surface area (Å²) < 4.78 is 33.2. The lowest BCUT2D eigenvalue weighted by atomic mass is 10.1. The third-order valence-electron chi connectivity index (χ3n) is 6.15. The van der Waals surface area contributed by atoms with Crippen LogP contribution in [0.5, 0.6) is 11.6 Å². The number of nitrogens with one attached hydrogen (secondary N) is 1. The van der Waals surface area contributed by atoms with E-state index in [-0.39, 0.29) is 24.0 Å². The van der Waals surface area contributed by atoms with Crippen LogP contribution in [0.25, 0.3) is 37.6 Å². The van der Waals surface area contributed by atoms with Crippen molar-refractivity contribution in [1.29, 1.82) is 0 Å². The zero-order valence-electron chi connectivity index (χ0n) is 23.0. The van der Waals surface area contributed by atoms with Crippen LogP contribution in [0.15, 0.2) is 49.1 Å². The highest BCUT2D eigenvalue weighted by molar-refractivity contribution is 7.21. The number of methoxy groups -OCH3 is 1. The van der Waals surface area contributed by atoms with Crippen molar-refractivity contribution in [2.24, 2.45) is 0 Å². The number of thiazole rings is 1. The molecule has 2 aromatic carbocycles. The van der Waals surface area contributed by atoms with E-state index in [1.54, 1.807) is 25.4 Å². The lowest BCUT2D eigenvalue weighted by Crippen LogP contribution is -2.18. The largest absolute Gasteiger partial charge is 0.487 e. The maximum Gasteiger partial charge on any atom is 0.411 e. The summed E-state index contributed by atoms with van der Waals surface area (Å²) in [5.41, 5.74) is 3.69. The van der Waals surface area contributed by atoms with E-state index < -0.39 is 11.9 Å². The molecule has 0 radical (unpaired) electrons. The Hall–Kier alpha value is -4.95. The maximum atomic E-state index is 15.1. The van der Waals surface area contributed by atoms with Crippen LogP contribution in [0.4, 0.5) is 14.9 Å². The summed E-state index contributed by atoms with van der Waals surface area (Å²) in [4.78, 5) is 34.1. The molecule has 0 unspecified atom stereocenters. The molecule has 0 atom stereocenters. The van der Waals surface area contributed by atoms with Crippen LogP contribution < -0.4 is 14.8 Å². The molecule has 0 saturated carbocycles. The van der Waals surface area contributed by atoms with Gasteiger partial charge in [0.15, 0.2) is 17.4 Å². The molecule has 1 amide bonds. The molecule has 0 saturated heterocycles. The summed E-state index contributed by atoms with van der Waals surface area (Å²) in [5, 5.41) is 7.17. The number of carbonyl (C=O) groups excluding carboxylic acids is 1. The molecule has 0 fully saturated rings.